The van der Waals surface area contributed by atoms with Crippen molar-refractivity contribution in [2.75, 3.05) is 28.8 Å². The summed E-state index contributed by atoms with van der Waals surface area (Å²) in [5, 5.41) is 2.88. The van der Waals surface area contributed by atoms with Crippen LogP contribution in [0.4, 0.5) is 11.4 Å². The van der Waals surface area contributed by atoms with E-state index >= 15 is 0 Å². The Morgan fingerprint density at radius 3 is 2.31 bits per heavy atom. The molecule has 3 aromatic rings. The molecule has 4 rings (SSSR count). The molecule has 1 N–H and O–H groups in total. The molecule has 1 aliphatic rings. The van der Waals surface area contributed by atoms with E-state index in [0.717, 1.165) is 33.0 Å². The third-order valence-corrected chi connectivity index (χ3v) is 8.42. The van der Waals surface area contributed by atoms with Crippen LogP contribution >= 0.6 is 15.9 Å². The Morgan fingerprint density at radius 2 is 1.66 bits per heavy atom. The highest BCUT2D eigenvalue weighted by Crippen LogP contribution is 2.26. The highest BCUT2D eigenvalue weighted by Gasteiger charge is 2.27. The number of carbonyl (C=O) groups excluding carboxylic acids is 1. The van der Waals surface area contributed by atoms with Gasteiger partial charge in [-0.05, 0) is 74.2 Å². The largest absolute Gasteiger partial charge is 0.372 e. The van der Waals surface area contributed by atoms with Crippen LogP contribution in [0, 0.1) is 6.92 Å². The highest BCUT2D eigenvalue weighted by atomic mass is 79.9. The number of amides is 1. The average molecular weight is 557 g/mol. The SMILES string of the molecule is Cc1ccc(S(=O)(=O)N(CC(=O)NCc2ccc(N3CCCCC3)cc2)c2cccc(Br)c2)cc1. The Labute approximate surface area is 216 Å². The first kappa shape index (κ1) is 25.3. The van der Waals surface area contributed by atoms with Crippen LogP contribution in [0.3, 0.4) is 0 Å². The molecule has 0 radical (unpaired) electrons. The molecular formula is C27H30BrN3O3S. The van der Waals surface area contributed by atoms with Gasteiger partial charge in [0, 0.05) is 29.8 Å². The molecule has 0 bridgehead atoms. The number of anilines is 2. The molecular weight excluding hydrogens is 526 g/mol. The minimum absolute atomic E-state index is 0.143. The number of aryl methyl sites for hydroxylation is 1. The quantitative estimate of drug-likeness (QED) is 0.411. The van der Waals surface area contributed by atoms with Gasteiger partial charge >= 0.3 is 0 Å². The molecule has 0 saturated carbocycles. The van der Waals surface area contributed by atoms with Gasteiger partial charge in [0.15, 0.2) is 0 Å². The van der Waals surface area contributed by atoms with Gasteiger partial charge in [-0.2, -0.15) is 0 Å². The summed E-state index contributed by atoms with van der Waals surface area (Å²) >= 11 is 3.40. The van der Waals surface area contributed by atoms with Crippen LogP contribution < -0.4 is 14.5 Å². The molecule has 1 aliphatic heterocycles. The third kappa shape index (κ3) is 6.44. The summed E-state index contributed by atoms with van der Waals surface area (Å²) in [7, 11) is -3.94. The van der Waals surface area contributed by atoms with Crippen molar-refractivity contribution in [2.45, 2.75) is 37.6 Å². The first-order valence-corrected chi connectivity index (χ1v) is 14.0. The second-order valence-electron chi connectivity index (χ2n) is 8.80. The highest BCUT2D eigenvalue weighted by molar-refractivity contribution is 9.10. The Kier molecular flexibility index (Phi) is 8.13. The maximum absolute atomic E-state index is 13.5. The molecule has 184 valence electrons. The minimum atomic E-state index is -3.94. The average Bonchev–Trinajstić information content (AvgIpc) is 2.87. The molecule has 0 aliphatic carbocycles. The van der Waals surface area contributed by atoms with Gasteiger partial charge in [-0.25, -0.2) is 8.42 Å². The molecule has 8 heteroatoms. The van der Waals surface area contributed by atoms with E-state index in [1.54, 1.807) is 42.5 Å². The molecule has 0 aromatic heterocycles. The number of sulfonamides is 1. The van der Waals surface area contributed by atoms with E-state index < -0.39 is 10.0 Å². The molecule has 0 atom stereocenters. The lowest BCUT2D eigenvalue weighted by Crippen LogP contribution is -2.40. The van der Waals surface area contributed by atoms with Crippen LogP contribution in [-0.2, 0) is 21.4 Å². The lowest BCUT2D eigenvalue weighted by molar-refractivity contribution is -0.119. The van der Waals surface area contributed by atoms with Crippen molar-refractivity contribution >= 4 is 43.2 Å². The van der Waals surface area contributed by atoms with E-state index in [-0.39, 0.29) is 17.3 Å². The van der Waals surface area contributed by atoms with Crippen molar-refractivity contribution in [3.63, 3.8) is 0 Å². The Morgan fingerprint density at radius 1 is 0.971 bits per heavy atom. The Hall–Kier alpha value is -2.84. The number of piperidine rings is 1. The van der Waals surface area contributed by atoms with Crippen molar-refractivity contribution in [1.29, 1.82) is 0 Å². The standard InChI is InChI=1S/C27H30BrN3O3S/c1-21-8-14-26(15-9-21)35(33,34)31(25-7-5-6-23(28)18-25)20-27(32)29-19-22-10-12-24(13-11-22)30-16-3-2-4-17-30/h5-15,18H,2-4,16-17,19-20H2,1H3,(H,29,32). The van der Waals surface area contributed by atoms with Crippen LogP contribution in [-0.4, -0.2) is 34.0 Å². The molecule has 1 fully saturated rings. The van der Waals surface area contributed by atoms with Crippen LogP contribution in [0.1, 0.15) is 30.4 Å². The van der Waals surface area contributed by atoms with Gasteiger partial charge in [-0.3, -0.25) is 9.10 Å². The predicted octanol–water partition coefficient (Wildman–Crippen LogP) is 5.26. The first-order valence-electron chi connectivity index (χ1n) is 11.8. The second kappa shape index (κ2) is 11.3. The fraction of sp³-hybridized carbons (Fsp3) is 0.296. The van der Waals surface area contributed by atoms with Gasteiger partial charge in [0.2, 0.25) is 5.91 Å². The fourth-order valence-corrected chi connectivity index (χ4v) is 5.95. The van der Waals surface area contributed by atoms with Gasteiger partial charge in [-0.15, -0.1) is 0 Å². The number of rotatable bonds is 8. The summed E-state index contributed by atoms with van der Waals surface area (Å²) in [5.74, 6) is -0.374. The fourth-order valence-electron chi connectivity index (χ4n) is 4.15. The number of nitrogens with zero attached hydrogens (tertiary/aromatic N) is 2. The third-order valence-electron chi connectivity index (χ3n) is 6.14. The number of hydrogen-bond acceptors (Lipinski definition) is 4. The van der Waals surface area contributed by atoms with Crippen molar-refractivity contribution in [2.24, 2.45) is 0 Å². The van der Waals surface area contributed by atoms with Crippen LogP contribution in [0.25, 0.3) is 0 Å². The summed E-state index contributed by atoms with van der Waals surface area (Å²) in [6, 6.07) is 21.8. The van der Waals surface area contributed by atoms with E-state index in [2.05, 4.69) is 38.3 Å². The number of nitrogens with one attached hydrogen (secondary N) is 1. The smallest absolute Gasteiger partial charge is 0.264 e. The molecule has 1 heterocycles. The summed E-state index contributed by atoms with van der Waals surface area (Å²) < 4.78 is 28.8. The molecule has 1 amide bonds. The first-order chi connectivity index (χ1) is 16.8. The maximum atomic E-state index is 13.5. The molecule has 0 unspecified atom stereocenters. The molecule has 6 nitrogen and oxygen atoms in total. The van der Waals surface area contributed by atoms with Crippen LogP contribution in [0.2, 0.25) is 0 Å². The van der Waals surface area contributed by atoms with E-state index in [4.69, 9.17) is 0 Å². The zero-order valence-electron chi connectivity index (χ0n) is 19.8. The molecule has 3 aromatic carbocycles. The van der Waals surface area contributed by atoms with Gasteiger partial charge in [0.05, 0.1) is 10.6 Å². The van der Waals surface area contributed by atoms with Crippen molar-refractivity contribution < 1.29 is 13.2 Å². The van der Waals surface area contributed by atoms with Crippen LogP contribution in [0.15, 0.2) is 82.2 Å². The summed E-state index contributed by atoms with van der Waals surface area (Å²) in [5.41, 5.74) is 3.54. The normalized spacial score (nSPS) is 13.9. The van der Waals surface area contributed by atoms with Crippen molar-refractivity contribution in [3.8, 4) is 0 Å². The maximum Gasteiger partial charge on any atom is 0.264 e. The van der Waals surface area contributed by atoms with Crippen molar-refractivity contribution in [3.05, 3.63) is 88.4 Å². The van der Waals surface area contributed by atoms with Gasteiger partial charge in [0.25, 0.3) is 10.0 Å². The predicted molar refractivity (Wildman–Crippen MR) is 144 cm³/mol. The zero-order chi connectivity index (χ0) is 24.8. The summed E-state index contributed by atoms with van der Waals surface area (Å²) in [4.78, 5) is 15.4. The number of carbonyl (C=O) groups is 1. The lowest BCUT2D eigenvalue weighted by Gasteiger charge is -2.28. The molecule has 35 heavy (non-hydrogen) atoms. The van der Waals surface area contributed by atoms with E-state index in [9.17, 15) is 13.2 Å². The molecule has 0 spiro atoms. The minimum Gasteiger partial charge on any atom is -0.372 e. The Balaban J connectivity index is 1.47. The zero-order valence-corrected chi connectivity index (χ0v) is 22.2. The monoisotopic (exact) mass is 555 g/mol. The lowest BCUT2D eigenvalue weighted by atomic mass is 10.1. The van der Waals surface area contributed by atoms with Gasteiger partial charge < -0.3 is 10.2 Å². The van der Waals surface area contributed by atoms with Gasteiger partial charge in [-0.1, -0.05) is 51.8 Å². The van der Waals surface area contributed by atoms with Gasteiger partial charge in [0.1, 0.15) is 6.54 Å². The summed E-state index contributed by atoms with van der Waals surface area (Å²) in [6.45, 7) is 4.07. The second-order valence-corrected chi connectivity index (χ2v) is 11.6. The van der Waals surface area contributed by atoms with E-state index in [1.807, 2.05) is 25.1 Å². The van der Waals surface area contributed by atoms with E-state index in [0.29, 0.717) is 12.2 Å². The van der Waals surface area contributed by atoms with Crippen LogP contribution in [0.5, 0.6) is 0 Å². The number of halogens is 1. The topological polar surface area (TPSA) is 69.7 Å². The summed E-state index contributed by atoms with van der Waals surface area (Å²) in [6.07, 6.45) is 3.73. The number of benzene rings is 3. The number of hydrogen-bond donors (Lipinski definition) is 1. The Bertz CT molecular complexity index is 1260. The van der Waals surface area contributed by atoms with Crippen molar-refractivity contribution in [1.82, 2.24) is 5.32 Å². The van der Waals surface area contributed by atoms with E-state index in [1.165, 1.54) is 24.9 Å². The molecule has 1 saturated heterocycles.